The number of carboxylic acid groups (broad SMARTS) is 1. The first-order valence-corrected chi connectivity index (χ1v) is 12.0. The predicted octanol–water partition coefficient (Wildman–Crippen LogP) is 5.17. The van der Waals surface area contributed by atoms with Gasteiger partial charge in [0.1, 0.15) is 11.9 Å². The molecule has 3 heterocycles. The van der Waals surface area contributed by atoms with Crippen molar-refractivity contribution in [1.82, 2.24) is 9.88 Å². The molecule has 7 heteroatoms. The third-order valence-electron chi connectivity index (χ3n) is 6.32. The molecule has 2 aromatic heterocycles. The maximum absolute atomic E-state index is 15.3. The minimum atomic E-state index is -1.19. The molecule has 4 rings (SSSR count). The minimum Gasteiger partial charge on any atom is -0.497 e. The first-order chi connectivity index (χ1) is 16.0. The Bertz CT molecular complexity index is 1160. The van der Waals surface area contributed by atoms with Crippen LogP contribution in [0, 0.1) is 23.7 Å². The summed E-state index contributed by atoms with van der Waals surface area (Å²) in [5.41, 5.74) is 2.28. The number of alkyl halides is 1. The highest BCUT2D eigenvalue weighted by Gasteiger charge is 2.34. The topological polar surface area (TPSA) is 62.7 Å². The molecule has 1 saturated heterocycles. The van der Waals surface area contributed by atoms with Gasteiger partial charge in [0.25, 0.3) is 0 Å². The summed E-state index contributed by atoms with van der Waals surface area (Å²) in [5.74, 6) is 5.54. The number of aromatic nitrogens is 1. The molecule has 0 amide bonds. The van der Waals surface area contributed by atoms with Crippen molar-refractivity contribution in [2.75, 3.05) is 26.7 Å². The van der Waals surface area contributed by atoms with E-state index in [4.69, 9.17) is 4.74 Å². The highest BCUT2D eigenvalue weighted by Crippen LogP contribution is 2.35. The van der Waals surface area contributed by atoms with Gasteiger partial charge in [-0.25, -0.2) is 4.39 Å². The number of benzene rings is 1. The van der Waals surface area contributed by atoms with Crippen LogP contribution in [0.5, 0.6) is 5.75 Å². The van der Waals surface area contributed by atoms with Crippen LogP contribution in [-0.2, 0) is 4.79 Å². The molecule has 0 bridgehead atoms. The molecule has 1 unspecified atom stereocenters. The fraction of sp³-hybridized carbons (Fsp3) is 0.385. The Labute approximate surface area is 197 Å². The van der Waals surface area contributed by atoms with Crippen molar-refractivity contribution >= 4 is 28.2 Å². The Morgan fingerprint density at radius 2 is 2.27 bits per heavy atom. The number of hydrogen-bond acceptors (Lipinski definition) is 5. The van der Waals surface area contributed by atoms with E-state index in [2.05, 4.69) is 21.7 Å². The van der Waals surface area contributed by atoms with Crippen LogP contribution in [0.1, 0.15) is 36.6 Å². The van der Waals surface area contributed by atoms with Gasteiger partial charge >= 0.3 is 5.97 Å². The van der Waals surface area contributed by atoms with Gasteiger partial charge in [-0.05, 0) is 73.0 Å². The van der Waals surface area contributed by atoms with Crippen molar-refractivity contribution in [2.45, 2.75) is 25.4 Å². The number of hydrogen-bond donors (Lipinski definition) is 1. The zero-order valence-electron chi connectivity index (χ0n) is 18.5. The van der Waals surface area contributed by atoms with E-state index in [1.807, 2.05) is 29.0 Å². The fourth-order valence-electron chi connectivity index (χ4n) is 4.49. The first-order valence-electron chi connectivity index (χ1n) is 11.1. The van der Waals surface area contributed by atoms with Gasteiger partial charge in [-0.3, -0.25) is 14.7 Å². The number of carbonyl (C=O) groups is 1. The lowest BCUT2D eigenvalue weighted by atomic mass is 9.81. The third-order valence-corrected chi connectivity index (χ3v) is 7.01. The number of halogens is 1. The second-order valence-corrected chi connectivity index (χ2v) is 9.15. The molecule has 0 aliphatic carbocycles. The molecule has 0 radical (unpaired) electrons. The van der Waals surface area contributed by atoms with Crippen LogP contribution in [0.25, 0.3) is 10.9 Å². The van der Waals surface area contributed by atoms with Crippen molar-refractivity contribution < 1.29 is 19.0 Å². The molecule has 1 aromatic carbocycles. The van der Waals surface area contributed by atoms with Gasteiger partial charge < -0.3 is 9.84 Å². The largest absolute Gasteiger partial charge is 0.497 e. The SMILES string of the molecule is COc1ccc2nccc(C(F)CC[C@@H]3CCN(CC#Cc4ccsc4)C[C@@H]3C(=O)O)c2c1. The summed E-state index contributed by atoms with van der Waals surface area (Å²) in [5, 5.41) is 14.5. The van der Waals surface area contributed by atoms with Crippen LogP contribution in [0.4, 0.5) is 4.39 Å². The Balaban J connectivity index is 1.38. The number of likely N-dealkylation sites (tertiary alicyclic amines) is 1. The number of aliphatic carboxylic acids is 1. The minimum absolute atomic E-state index is 0.0514. The van der Waals surface area contributed by atoms with Crippen LogP contribution in [-0.4, -0.2) is 47.7 Å². The lowest BCUT2D eigenvalue weighted by molar-refractivity contribution is -0.146. The average molecular weight is 467 g/mol. The van der Waals surface area contributed by atoms with Gasteiger partial charge in [0.2, 0.25) is 0 Å². The molecule has 1 N–H and O–H groups in total. The van der Waals surface area contributed by atoms with E-state index in [-0.39, 0.29) is 12.3 Å². The Kier molecular flexibility index (Phi) is 7.58. The summed E-state index contributed by atoms with van der Waals surface area (Å²) in [4.78, 5) is 18.4. The van der Waals surface area contributed by atoms with Gasteiger partial charge in [-0.1, -0.05) is 11.8 Å². The third kappa shape index (κ3) is 5.70. The molecule has 33 heavy (non-hydrogen) atoms. The smallest absolute Gasteiger partial charge is 0.308 e. The monoisotopic (exact) mass is 466 g/mol. The lowest BCUT2D eigenvalue weighted by Crippen LogP contribution is -2.44. The van der Waals surface area contributed by atoms with Crippen LogP contribution in [0.2, 0.25) is 0 Å². The van der Waals surface area contributed by atoms with Gasteiger partial charge in [-0.15, -0.1) is 0 Å². The molecule has 0 spiro atoms. The molecular weight excluding hydrogens is 439 g/mol. The number of rotatable bonds is 7. The Morgan fingerprint density at radius 1 is 1.39 bits per heavy atom. The summed E-state index contributed by atoms with van der Waals surface area (Å²) in [7, 11) is 1.58. The molecular formula is C26H27FN2O3S. The molecule has 0 saturated carbocycles. The number of ether oxygens (including phenoxy) is 1. The summed E-state index contributed by atoms with van der Waals surface area (Å²) < 4.78 is 20.6. The van der Waals surface area contributed by atoms with E-state index in [9.17, 15) is 9.90 Å². The summed E-state index contributed by atoms with van der Waals surface area (Å²) in [6, 6.07) is 9.11. The quantitative estimate of drug-likeness (QED) is 0.487. The van der Waals surface area contributed by atoms with E-state index in [0.29, 0.717) is 30.8 Å². The molecule has 3 aromatic rings. The van der Waals surface area contributed by atoms with E-state index >= 15 is 4.39 Å². The lowest BCUT2D eigenvalue weighted by Gasteiger charge is -2.35. The van der Waals surface area contributed by atoms with E-state index in [0.717, 1.165) is 29.4 Å². The van der Waals surface area contributed by atoms with Crippen molar-refractivity contribution in [3.8, 4) is 17.6 Å². The summed E-state index contributed by atoms with van der Waals surface area (Å²) >= 11 is 1.60. The van der Waals surface area contributed by atoms with Gasteiger partial charge in [0.15, 0.2) is 0 Å². The first kappa shape index (κ1) is 23.2. The normalized spacial score (nSPS) is 19.6. The van der Waals surface area contributed by atoms with Crippen LogP contribution in [0.3, 0.4) is 0 Å². The molecule has 1 aliphatic rings. The highest BCUT2D eigenvalue weighted by molar-refractivity contribution is 7.08. The molecule has 1 aliphatic heterocycles. The molecule has 1 fully saturated rings. The van der Waals surface area contributed by atoms with E-state index in [1.54, 1.807) is 36.8 Å². The van der Waals surface area contributed by atoms with Crippen LogP contribution < -0.4 is 4.74 Å². The van der Waals surface area contributed by atoms with Gasteiger partial charge in [0.05, 0.1) is 25.1 Å². The Hall–Kier alpha value is -2.95. The molecule has 5 nitrogen and oxygen atoms in total. The second kappa shape index (κ2) is 10.8. The van der Waals surface area contributed by atoms with Gasteiger partial charge in [-0.2, -0.15) is 11.3 Å². The number of piperidine rings is 1. The van der Waals surface area contributed by atoms with E-state index < -0.39 is 18.1 Å². The molecule has 172 valence electrons. The van der Waals surface area contributed by atoms with Crippen LogP contribution >= 0.6 is 11.3 Å². The number of thiophene rings is 1. The van der Waals surface area contributed by atoms with Crippen molar-refractivity contribution in [3.05, 3.63) is 58.4 Å². The fourth-order valence-corrected chi connectivity index (χ4v) is 5.08. The van der Waals surface area contributed by atoms with Crippen LogP contribution in [0.15, 0.2) is 47.3 Å². The van der Waals surface area contributed by atoms with E-state index in [1.165, 1.54) is 0 Å². The highest BCUT2D eigenvalue weighted by atomic mass is 32.1. The van der Waals surface area contributed by atoms with Crippen molar-refractivity contribution in [2.24, 2.45) is 11.8 Å². The number of methoxy groups -OCH3 is 1. The second-order valence-electron chi connectivity index (χ2n) is 8.37. The predicted molar refractivity (Wildman–Crippen MR) is 128 cm³/mol. The summed E-state index contributed by atoms with van der Waals surface area (Å²) in [6.45, 7) is 1.77. The van der Waals surface area contributed by atoms with Crippen molar-refractivity contribution in [1.29, 1.82) is 0 Å². The van der Waals surface area contributed by atoms with Crippen molar-refractivity contribution in [3.63, 3.8) is 0 Å². The number of fused-ring (bicyclic) bond motifs is 1. The molecule has 3 atom stereocenters. The maximum Gasteiger partial charge on any atom is 0.308 e. The Morgan fingerprint density at radius 3 is 3.03 bits per heavy atom. The maximum atomic E-state index is 15.3. The number of nitrogens with zero attached hydrogens (tertiary/aromatic N) is 2. The summed E-state index contributed by atoms with van der Waals surface area (Å²) in [6.07, 6.45) is 1.97. The zero-order chi connectivity index (χ0) is 23.2. The standard InChI is InChI=1S/C26H27FN2O3S/c1-32-20-5-7-25-22(15-20)21(8-11-28-25)24(27)6-4-19-9-13-29(16-23(19)26(30)31)12-2-3-18-10-14-33-17-18/h5,7-8,10-11,14-15,17,19,23-24H,4,6,9,12-13,16H2,1H3,(H,30,31)/t19-,23+,24?/m1/s1. The number of carboxylic acids is 1. The average Bonchev–Trinajstić information content (AvgIpc) is 3.35. The van der Waals surface area contributed by atoms with Gasteiger partial charge in [0, 0.05) is 29.1 Å². The zero-order valence-corrected chi connectivity index (χ0v) is 19.4. The number of pyridine rings is 1.